The Morgan fingerprint density at radius 3 is 2.52 bits per heavy atom. The molecular weight excluding hydrogens is 396 g/mol. The van der Waals surface area contributed by atoms with Gasteiger partial charge in [0.1, 0.15) is 11.3 Å². The van der Waals surface area contributed by atoms with Gasteiger partial charge < -0.3 is 13.9 Å². The zero-order chi connectivity index (χ0) is 21.0. The average Bonchev–Trinajstić information content (AvgIpc) is 2.71. The van der Waals surface area contributed by atoms with Crippen LogP contribution in [0.5, 0.6) is 5.75 Å². The minimum Gasteiger partial charge on any atom is -0.497 e. The number of rotatable bonds is 7. The molecule has 0 aliphatic heterocycles. The van der Waals surface area contributed by atoms with Gasteiger partial charge in [-0.15, -0.1) is 0 Å². The van der Waals surface area contributed by atoms with Gasteiger partial charge in [-0.2, -0.15) is 0 Å². The molecular formula is C22H19ClO6. The molecule has 0 fully saturated rings. The molecule has 1 aromatic heterocycles. The van der Waals surface area contributed by atoms with Crippen LogP contribution in [-0.4, -0.2) is 25.5 Å². The van der Waals surface area contributed by atoms with Crippen molar-refractivity contribution in [1.82, 2.24) is 0 Å². The zero-order valence-electron chi connectivity index (χ0n) is 16.0. The van der Waals surface area contributed by atoms with E-state index < -0.39 is 11.6 Å². The summed E-state index contributed by atoms with van der Waals surface area (Å²) in [5.41, 5.74) is 1.47. The Bertz CT molecular complexity index is 1110. The Kier molecular flexibility index (Phi) is 6.34. The second-order valence-electron chi connectivity index (χ2n) is 6.45. The molecule has 3 rings (SSSR count). The van der Waals surface area contributed by atoms with Crippen molar-refractivity contribution >= 4 is 34.3 Å². The Morgan fingerprint density at radius 1 is 1.10 bits per heavy atom. The molecule has 29 heavy (non-hydrogen) atoms. The molecule has 0 bridgehead atoms. The standard InChI is InChI=1S/C22H19ClO6/c1-13-17-8-7-16(27-2)11-20(17)29-22(26)18(13)9-10-21(25)28-12-19(24)14-3-5-15(23)6-4-14/h3-8,11H,9-10,12H2,1-2H3. The van der Waals surface area contributed by atoms with Crippen LogP contribution in [0.4, 0.5) is 0 Å². The molecule has 0 amide bonds. The summed E-state index contributed by atoms with van der Waals surface area (Å²) in [5.74, 6) is -0.312. The summed E-state index contributed by atoms with van der Waals surface area (Å²) in [5, 5.41) is 1.29. The Hall–Kier alpha value is -3.12. The molecule has 3 aromatic rings. The number of aryl methyl sites for hydroxylation is 1. The Morgan fingerprint density at radius 2 is 1.83 bits per heavy atom. The van der Waals surface area contributed by atoms with Crippen LogP contribution in [0.25, 0.3) is 11.0 Å². The van der Waals surface area contributed by atoms with Crippen molar-refractivity contribution in [2.45, 2.75) is 19.8 Å². The Balaban J connectivity index is 1.64. The number of benzene rings is 2. The van der Waals surface area contributed by atoms with Gasteiger partial charge in [0.05, 0.1) is 7.11 Å². The van der Waals surface area contributed by atoms with Crippen molar-refractivity contribution in [3.8, 4) is 5.75 Å². The maximum absolute atomic E-state index is 12.3. The number of ether oxygens (including phenoxy) is 2. The van der Waals surface area contributed by atoms with Crippen LogP contribution >= 0.6 is 11.6 Å². The summed E-state index contributed by atoms with van der Waals surface area (Å²) in [7, 11) is 1.53. The maximum atomic E-state index is 12.3. The van der Waals surface area contributed by atoms with E-state index in [1.54, 1.807) is 49.4 Å². The van der Waals surface area contributed by atoms with Crippen LogP contribution in [0, 0.1) is 6.92 Å². The van der Waals surface area contributed by atoms with Gasteiger partial charge in [0, 0.05) is 34.0 Å². The van der Waals surface area contributed by atoms with Crippen molar-refractivity contribution in [2.24, 2.45) is 0 Å². The van der Waals surface area contributed by atoms with Crippen LogP contribution in [0.1, 0.15) is 27.9 Å². The summed E-state index contributed by atoms with van der Waals surface area (Å²) in [6.07, 6.45) is 0.116. The number of carbonyl (C=O) groups excluding carboxylic acids is 2. The lowest BCUT2D eigenvalue weighted by Gasteiger charge is -2.09. The van der Waals surface area contributed by atoms with Gasteiger partial charge in [-0.05, 0) is 55.3 Å². The SMILES string of the molecule is COc1ccc2c(C)c(CCC(=O)OCC(=O)c3ccc(Cl)cc3)c(=O)oc2c1. The van der Waals surface area contributed by atoms with E-state index in [0.29, 0.717) is 27.5 Å². The molecule has 0 atom stereocenters. The number of halogens is 1. The fourth-order valence-corrected chi connectivity index (χ4v) is 3.08. The highest BCUT2D eigenvalue weighted by Crippen LogP contribution is 2.24. The molecule has 1 heterocycles. The van der Waals surface area contributed by atoms with E-state index in [1.807, 2.05) is 0 Å². The van der Waals surface area contributed by atoms with E-state index >= 15 is 0 Å². The van der Waals surface area contributed by atoms with Crippen molar-refractivity contribution in [1.29, 1.82) is 0 Å². The highest BCUT2D eigenvalue weighted by Gasteiger charge is 2.15. The van der Waals surface area contributed by atoms with E-state index in [-0.39, 0.29) is 25.2 Å². The third-order valence-electron chi connectivity index (χ3n) is 4.60. The van der Waals surface area contributed by atoms with Gasteiger partial charge in [0.25, 0.3) is 0 Å². The largest absolute Gasteiger partial charge is 0.497 e. The summed E-state index contributed by atoms with van der Waals surface area (Å²) in [4.78, 5) is 36.4. The van der Waals surface area contributed by atoms with Gasteiger partial charge in [-0.3, -0.25) is 9.59 Å². The number of ketones is 1. The molecule has 0 radical (unpaired) electrons. The monoisotopic (exact) mass is 414 g/mol. The first kappa shape index (κ1) is 20.6. The average molecular weight is 415 g/mol. The van der Waals surface area contributed by atoms with E-state index in [2.05, 4.69) is 0 Å². The number of hydrogen-bond donors (Lipinski definition) is 0. The van der Waals surface area contributed by atoms with Crippen LogP contribution < -0.4 is 10.4 Å². The molecule has 0 spiro atoms. The Labute approximate surface area is 172 Å². The van der Waals surface area contributed by atoms with Crippen molar-refractivity contribution < 1.29 is 23.5 Å². The van der Waals surface area contributed by atoms with E-state index in [0.717, 1.165) is 10.9 Å². The first-order valence-electron chi connectivity index (χ1n) is 8.93. The number of fused-ring (bicyclic) bond motifs is 1. The number of hydrogen-bond acceptors (Lipinski definition) is 6. The van der Waals surface area contributed by atoms with Crippen LogP contribution in [0.3, 0.4) is 0 Å². The van der Waals surface area contributed by atoms with E-state index in [9.17, 15) is 14.4 Å². The third kappa shape index (κ3) is 4.84. The lowest BCUT2D eigenvalue weighted by Crippen LogP contribution is -2.17. The number of esters is 1. The highest BCUT2D eigenvalue weighted by molar-refractivity contribution is 6.30. The predicted molar refractivity (Wildman–Crippen MR) is 109 cm³/mol. The number of methoxy groups -OCH3 is 1. The molecule has 0 N–H and O–H groups in total. The van der Waals surface area contributed by atoms with Crippen LogP contribution in [0.2, 0.25) is 5.02 Å². The van der Waals surface area contributed by atoms with Crippen molar-refractivity contribution in [2.75, 3.05) is 13.7 Å². The van der Waals surface area contributed by atoms with E-state index in [4.69, 9.17) is 25.5 Å². The van der Waals surface area contributed by atoms with Crippen molar-refractivity contribution in [3.05, 3.63) is 74.6 Å². The second kappa shape index (κ2) is 8.92. The van der Waals surface area contributed by atoms with Crippen LogP contribution in [-0.2, 0) is 16.0 Å². The summed E-state index contributed by atoms with van der Waals surface area (Å²) in [6.45, 7) is 1.43. The fourth-order valence-electron chi connectivity index (χ4n) is 2.95. The topological polar surface area (TPSA) is 82.8 Å². The second-order valence-corrected chi connectivity index (χ2v) is 6.88. The first-order valence-corrected chi connectivity index (χ1v) is 9.31. The smallest absolute Gasteiger partial charge is 0.339 e. The van der Waals surface area contributed by atoms with Gasteiger partial charge >= 0.3 is 11.6 Å². The quantitative estimate of drug-likeness (QED) is 0.328. The maximum Gasteiger partial charge on any atom is 0.339 e. The summed E-state index contributed by atoms with van der Waals surface area (Å²) in [6, 6.07) is 11.5. The molecule has 0 unspecified atom stereocenters. The third-order valence-corrected chi connectivity index (χ3v) is 4.86. The molecule has 6 nitrogen and oxygen atoms in total. The number of carbonyl (C=O) groups is 2. The lowest BCUT2D eigenvalue weighted by atomic mass is 10.0. The van der Waals surface area contributed by atoms with E-state index in [1.165, 1.54) is 7.11 Å². The predicted octanol–water partition coefficient (Wildman–Crippen LogP) is 4.12. The van der Waals surface area contributed by atoms with Crippen LogP contribution in [0.15, 0.2) is 51.7 Å². The highest BCUT2D eigenvalue weighted by atomic mass is 35.5. The number of Topliss-reactive ketones (excluding diaryl/α,β-unsaturated/α-hetero) is 1. The molecule has 0 aliphatic carbocycles. The van der Waals surface area contributed by atoms with Crippen molar-refractivity contribution in [3.63, 3.8) is 0 Å². The van der Waals surface area contributed by atoms with Gasteiger partial charge in [0.2, 0.25) is 0 Å². The first-order chi connectivity index (χ1) is 13.9. The zero-order valence-corrected chi connectivity index (χ0v) is 16.7. The lowest BCUT2D eigenvalue weighted by molar-refractivity contribution is -0.142. The molecule has 2 aromatic carbocycles. The molecule has 0 aliphatic rings. The summed E-state index contributed by atoms with van der Waals surface area (Å²) < 4.78 is 15.5. The molecule has 0 saturated heterocycles. The fraction of sp³-hybridized carbons (Fsp3) is 0.227. The van der Waals surface area contributed by atoms with Gasteiger partial charge in [-0.1, -0.05) is 11.6 Å². The normalized spacial score (nSPS) is 10.7. The molecule has 7 heteroatoms. The summed E-state index contributed by atoms with van der Waals surface area (Å²) >= 11 is 5.78. The molecule has 0 saturated carbocycles. The molecule has 150 valence electrons. The van der Waals surface area contributed by atoms with Gasteiger partial charge in [-0.25, -0.2) is 4.79 Å². The van der Waals surface area contributed by atoms with Gasteiger partial charge in [0.15, 0.2) is 12.4 Å². The minimum absolute atomic E-state index is 0.0405. The minimum atomic E-state index is -0.569.